The molecule has 7 heteroatoms. The molecule has 0 aliphatic rings. The Labute approximate surface area is 218 Å². The van der Waals surface area contributed by atoms with E-state index in [-0.39, 0.29) is 17.5 Å². The van der Waals surface area contributed by atoms with Crippen molar-refractivity contribution in [3.63, 3.8) is 0 Å². The normalized spacial score (nSPS) is 12.7. The lowest BCUT2D eigenvalue weighted by Crippen LogP contribution is -2.33. The molecule has 0 aliphatic heterocycles. The molecule has 5 rings (SSSR count). The minimum atomic E-state index is -3.81. The predicted molar refractivity (Wildman–Crippen MR) is 147 cm³/mol. The molecule has 0 bridgehead atoms. The standard InChI is InChI=1S/C30H30N4O2S/c1-23(26-12-6-3-7-13-26)34(22-30-32-28-14-8-9-15-29(28)33-30)37(35,36)27-18-16-25(17-19-27)21-31-20-24-10-4-2-5-11-24/h2-19,23,31H,20-22H2,1H3,(H,32,33). The fraction of sp³-hybridized carbons (Fsp3) is 0.167. The largest absolute Gasteiger partial charge is 0.341 e. The van der Waals surface area contributed by atoms with Crippen LogP contribution in [-0.2, 0) is 29.7 Å². The van der Waals surface area contributed by atoms with Crippen molar-refractivity contribution >= 4 is 21.1 Å². The summed E-state index contributed by atoms with van der Waals surface area (Å²) < 4.78 is 29.4. The Morgan fingerprint density at radius 1 is 0.784 bits per heavy atom. The molecule has 6 nitrogen and oxygen atoms in total. The molecule has 0 amide bonds. The van der Waals surface area contributed by atoms with Gasteiger partial charge < -0.3 is 10.3 Å². The molecule has 0 aliphatic carbocycles. The van der Waals surface area contributed by atoms with Gasteiger partial charge in [-0.2, -0.15) is 4.31 Å². The number of aromatic nitrogens is 2. The van der Waals surface area contributed by atoms with Gasteiger partial charge in [-0.1, -0.05) is 84.9 Å². The van der Waals surface area contributed by atoms with Gasteiger partial charge in [-0.05, 0) is 47.9 Å². The quantitative estimate of drug-likeness (QED) is 0.249. The molecular weight excluding hydrogens is 480 g/mol. The molecule has 1 atom stereocenters. The van der Waals surface area contributed by atoms with Crippen LogP contribution in [0.3, 0.4) is 0 Å². The Morgan fingerprint density at radius 3 is 2.05 bits per heavy atom. The summed E-state index contributed by atoms with van der Waals surface area (Å²) in [5.74, 6) is 0.606. The summed E-state index contributed by atoms with van der Waals surface area (Å²) in [6, 6.07) is 34.3. The zero-order valence-corrected chi connectivity index (χ0v) is 21.5. The molecule has 5 aromatic rings. The number of nitrogens with zero attached hydrogens (tertiary/aromatic N) is 2. The highest BCUT2D eigenvalue weighted by Crippen LogP contribution is 2.29. The smallest absolute Gasteiger partial charge is 0.244 e. The summed E-state index contributed by atoms with van der Waals surface area (Å²) >= 11 is 0. The van der Waals surface area contributed by atoms with E-state index in [1.165, 1.54) is 9.87 Å². The minimum Gasteiger partial charge on any atom is -0.341 e. The Hall–Kier alpha value is -3.78. The van der Waals surface area contributed by atoms with E-state index < -0.39 is 10.0 Å². The van der Waals surface area contributed by atoms with Crippen LogP contribution in [-0.4, -0.2) is 22.7 Å². The average molecular weight is 511 g/mol. The second-order valence-corrected chi connectivity index (χ2v) is 11.0. The number of sulfonamides is 1. The lowest BCUT2D eigenvalue weighted by atomic mass is 10.1. The zero-order chi connectivity index (χ0) is 25.7. The van der Waals surface area contributed by atoms with Gasteiger partial charge in [0.1, 0.15) is 5.82 Å². The highest BCUT2D eigenvalue weighted by molar-refractivity contribution is 7.89. The van der Waals surface area contributed by atoms with Gasteiger partial charge in [-0.15, -0.1) is 0 Å². The van der Waals surface area contributed by atoms with Gasteiger partial charge in [0.15, 0.2) is 0 Å². The number of aromatic amines is 1. The van der Waals surface area contributed by atoms with Gasteiger partial charge in [0.2, 0.25) is 10.0 Å². The number of H-pyrrole nitrogens is 1. The van der Waals surface area contributed by atoms with Crippen LogP contribution >= 0.6 is 0 Å². The SMILES string of the molecule is CC(c1ccccc1)N(Cc1nc2ccccc2[nH]1)S(=O)(=O)c1ccc(CNCc2ccccc2)cc1. The van der Waals surface area contributed by atoms with E-state index >= 15 is 0 Å². The van der Waals surface area contributed by atoms with Crippen molar-refractivity contribution in [2.75, 3.05) is 0 Å². The lowest BCUT2D eigenvalue weighted by molar-refractivity contribution is 0.330. The van der Waals surface area contributed by atoms with Gasteiger partial charge in [0.05, 0.1) is 22.5 Å². The van der Waals surface area contributed by atoms with Gasteiger partial charge >= 0.3 is 0 Å². The first-order valence-electron chi connectivity index (χ1n) is 12.3. The molecular formula is C30H30N4O2S. The van der Waals surface area contributed by atoms with Crippen molar-refractivity contribution in [3.8, 4) is 0 Å². The van der Waals surface area contributed by atoms with Crippen molar-refractivity contribution in [2.24, 2.45) is 0 Å². The van der Waals surface area contributed by atoms with Gasteiger partial charge in [0, 0.05) is 19.1 Å². The van der Waals surface area contributed by atoms with Crippen molar-refractivity contribution in [3.05, 3.63) is 132 Å². The lowest BCUT2D eigenvalue weighted by Gasteiger charge is -2.28. The first kappa shape index (κ1) is 24.9. The molecule has 2 N–H and O–H groups in total. The third-order valence-electron chi connectivity index (χ3n) is 6.49. The minimum absolute atomic E-state index is 0.132. The zero-order valence-electron chi connectivity index (χ0n) is 20.7. The topological polar surface area (TPSA) is 78.1 Å². The maximum absolute atomic E-state index is 13.9. The van der Waals surface area contributed by atoms with E-state index in [4.69, 9.17) is 0 Å². The molecule has 1 unspecified atom stereocenters. The average Bonchev–Trinajstić information content (AvgIpc) is 3.35. The van der Waals surface area contributed by atoms with Crippen molar-refractivity contribution in [2.45, 2.75) is 37.5 Å². The molecule has 0 fully saturated rings. The van der Waals surface area contributed by atoms with Crippen molar-refractivity contribution in [1.29, 1.82) is 0 Å². The van der Waals surface area contributed by atoms with Crippen LogP contribution < -0.4 is 5.32 Å². The molecule has 1 aromatic heterocycles. The van der Waals surface area contributed by atoms with Gasteiger partial charge in [-0.3, -0.25) is 0 Å². The summed E-state index contributed by atoms with van der Waals surface area (Å²) in [4.78, 5) is 8.18. The summed E-state index contributed by atoms with van der Waals surface area (Å²) in [6.45, 7) is 3.45. The molecule has 0 spiro atoms. The van der Waals surface area contributed by atoms with Gasteiger partial charge in [0.25, 0.3) is 0 Å². The number of benzene rings is 4. The maximum Gasteiger partial charge on any atom is 0.244 e. The van der Waals surface area contributed by atoms with Crippen LogP contribution in [0, 0.1) is 0 Å². The van der Waals surface area contributed by atoms with Crippen LogP contribution in [0.4, 0.5) is 0 Å². The van der Waals surface area contributed by atoms with Crippen LogP contribution in [0.2, 0.25) is 0 Å². The monoisotopic (exact) mass is 510 g/mol. The Balaban J connectivity index is 1.38. The number of imidazole rings is 1. The molecule has 0 saturated carbocycles. The van der Waals surface area contributed by atoms with Crippen LogP contribution in [0.25, 0.3) is 11.0 Å². The van der Waals surface area contributed by atoms with Gasteiger partial charge in [-0.25, -0.2) is 13.4 Å². The summed E-state index contributed by atoms with van der Waals surface area (Å²) in [6.07, 6.45) is 0. The Bertz CT molecular complexity index is 1520. The number of hydrogen-bond acceptors (Lipinski definition) is 4. The Morgan fingerprint density at radius 2 is 1.38 bits per heavy atom. The first-order chi connectivity index (χ1) is 18.0. The molecule has 1 heterocycles. The maximum atomic E-state index is 13.9. The second-order valence-electron chi connectivity index (χ2n) is 9.07. The molecule has 37 heavy (non-hydrogen) atoms. The molecule has 0 radical (unpaired) electrons. The van der Waals surface area contributed by atoms with E-state index in [0.717, 1.165) is 28.7 Å². The fourth-order valence-electron chi connectivity index (χ4n) is 4.42. The van der Waals surface area contributed by atoms with E-state index in [1.807, 2.05) is 91.9 Å². The van der Waals surface area contributed by atoms with E-state index in [2.05, 4.69) is 27.4 Å². The molecule has 188 valence electrons. The third kappa shape index (κ3) is 5.80. The first-order valence-corrected chi connectivity index (χ1v) is 13.8. The number of nitrogens with one attached hydrogen (secondary N) is 2. The number of fused-ring (bicyclic) bond motifs is 1. The third-order valence-corrected chi connectivity index (χ3v) is 8.42. The van der Waals surface area contributed by atoms with Crippen molar-refractivity contribution < 1.29 is 8.42 Å². The van der Waals surface area contributed by atoms with Crippen LogP contribution in [0.15, 0.2) is 114 Å². The van der Waals surface area contributed by atoms with Crippen LogP contribution in [0.1, 0.15) is 35.5 Å². The van der Waals surface area contributed by atoms with E-state index in [1.54, 1.807) is 12.1 Å². The summed E-state index contributed by atoms with van der Waals surface area (Å²) in [5.41, 5.74) is 4.85. The number of para-hydroxylation sites is 2. The second kappa shape index (κ2) is 11.1. The fourth-order valence-corrected chi connectivity index (χ4v) is 6.00. The van der Waals surface area contributed by atoms with E-state index in [9.17, 15) is 8.42 Å². The van der Waals surface area contributed by atoms with Crippen molar-refractivity contribution in [1.82, 2.24) is 19.6 Å². The molecule has 4 aromatic carbocycles. The number of hydrogen-bond donors (Lipinski definition) is 2. The van der Waals surface area contributed by atoms with E-state index in [0.29, 0.717) is 12.4 Å². The highest BCUT2D eigenvalue weighted by Gasteiger charge is 2.31. The number of rotatable bonds is 10. The summed E-state index contributed by atoms with van der Waals surface area (Å²) in [7, 11) is -3.81. The summed E-state index contributed by atoms with van der Waals surface area (Å²) in [5, 5.41) is 3.41. The predicted octanol–water partition coefficient (Wildman–Crippen LogP) is 5.80. The highest BCUT2D eigenvalue weighted by atomic mass is 32.2. The van der Waals surface area contributed by atoms with Crippen LogP contribution in [0.5, 0.6) is 0 Å². The Kier molecular flexibility index (Phi) is 7.46. The molecule has 0 saturated heterocycles.